The van der Waals surface area contributed by atoms with Gasteiger partial charge >= 0.3 is 0 Å². The van der Waals surface area contributed by atoms with Crippen molar-refractivity contribution in [3.8, 4) is 11.5 Å². The number of carbonyl (C=O) groups excluding carboxylic acids is 1. The van der Waals surface area contributed by atoms with Crippen molar-refractivity contribution in [2.45, 2.75) is 26.6 Å². The second-order valence-corrected chi connectivity index (χ2v) is 4.36. The molecular formula is C14H21NO4. The molecule has 0 heterocycles. The molecule has 106 valence electrons. The predicted molar refractivity (Wildman–Crippen MR) is 72.3 cm³/mol. The first-order valence-electron chi connectivity index (χ1n) is 6.24. The number of carbonyl (C=O) groups is 1. The molecule has 1 amide bonds. The van der Waals surface area contributed by atoms with E-state index in [0.717, 1.165) is 5.56 Å². The van der Waals surface area contributed by atoms with Gasteiger partial charge in [-0.15, -0.1) is 0 Å². The fraction of sp³-hybridized carbons (Fsp3) is 0.500. The van der Waals surface area contributed by atoms with Gasteiger partial charge in [-0.05, 0) is 31.5 Å². The highest BCUT2D eigenvalue weighted by Gasteiger charge is 2.18. The molecule has 0 aromatic heterocycles. The normalized spacial score (nSPS) is 11.8. The van der Waals surface area contributed by atoms with Gasteiger partial charge in [-0.2, -0.15) is 0 Å². The van der Waals surface area contributed by atoms with E-state index in [4.69, 9.17) is 14.6 Å². The van der Waals surface area contributed by atoms with Gasteiger partial charge in [-0.25, -0.2) is 0 Å². The van der Waals surface area contributed by atoms with Crippen molar-refractivity contribution in [2.75, 3.05) is 20.7 Å². The van der Waals surface area contributed by atoms with Crippen molar-refractivity contribution in [1.29, 1.82) is 0 Å². The van der Waals surface area contributed by atoms with Gasteiger partial charge in [0, 0.05) is 14.1 Å². The van der Waals surface area contributed by atoms with Crippen LogP contribution in [0.1, 0.15) is 19.4 Å². The lowest BCUT2D eigenvalue weighted by molar-refractivity contribution is -0.135. The van der Waals surface area contributed by atoms with Crippen LogP contribution in [0.25, 0.3) is 0 Å². The Morgan fingerprint density at radius 3 is 2.58 bits per heavy atom. The fourth-order valence-corrected chi connectivity index (χ4v) is 1.62. The van der Waals surface area contributed by atoms with Crippen LogP contribution in [0.5, 0.6) is 11.5 Å². The lowest BCUT2D eigenvalue weighted by atomic mass is 10.2. The Labute approximate surface area is 113 Å². The van der Waals surface area contributed by atoms with Crippen LogP contribution in [0.2, 0.25) is 0 Å². The highest BCUT2D eigenvalue weighted by Crippen LogP contribution is 2.29. The number of rotatable bonds is 6. The molecule has 0 aliphatic heterocycles. The number of aliphatic hydroxyl groups is 1. The van der Waals surface area contributed by atoms with E-state index in [2.05, 4.69) is 0 Å². The molecule has 1 aromatic carbocycles. The van der Waals surface area contributed by atoms with Gasteiger partial charge < -0.3 is 19.5 Å². The summed E-state index contributed by atoms with van der Waals surface area (Å²) >= 11 is 0. The van der Waals surface area contributed by atoms with Gasteiger partial charge in [-0.3, -0.25) is 4.79 Å². The van der Waals surface area contributed by atoms with Gasteiger partial charge in [0.1, 0.15) is 0 Å². The molecule has 0 aliphatic carbocycles. The summed E-state index contributed by atoms with van der Waals surface area (Å²) in [7, 11) is 3.36. The third-order valence-electron chi connectivity index (χ3n) is 2.58. The van der Waals surface area contributed by atoms with Crippen LogP contribution in [0.3, 0.4) is 0 Å². The molecule has 1 N–H and O–H groups in total. The molecule has 1 atom stereocenters. The number of hydrogen-bond donors (Lipinski definition) is 1. The van der Waals surface area contributed by atoms with Gasteiger partial charge in [0.05, 0.1) is 13.2 Å². The second kappa shape index (κ2) is 6.99. The van der Waals surface area contributed by atoms with Crippen molar-refractivity contribution < 1.29 is 19.4 Å². The van der Waals surface area contributed by atoms with E-state index in [1.54, 1.807) is 39.2 Å². The summed E-state index contributed by atoms with van der Waals surface area (Å²) in [6.45, 7) is 3.98. The first-order valence-corrected chi connectivity index (χ1v) is 6.24. The maximum absolute atomic E-state index is 11.8. The standard InChI is InChI=1S/C14H21NO4/c1-5-18-13-8-11(9-16)6-7-12(13)19-10(2)14(17)15(3)4/h6-8,10,16H,5,9H2,1-4H3. The molecule has 0 fully saturated rings. The topological polar surface area (TPSA) is 59.0 Å². The molecule has 0 saturated carbocycles. The van der Waals surface area contributed by atoms with E-state index in [0.29, 0.717) is 18.1 Å². The molecule has 0 aliphatic rings. The van der Waals surface area contributed by atoms with E-state index >= 15 is 0 Å². The average molecular weight is 267 g/mol. The molecular weight excluding hydrogens is 246 g/mol. The number of amides is 1. The Balaban J connectivity index is 2.90. The Kier molecular flexibility index (Phi) is 5.63. The summed E-state index contributed by atoms with van der Waals surface area (Å²) < 4.78 is 11.1. The van der Waals surface area contributed by atoms with Crippen LogP contribution in [0, 0.1) is 0 Å². The Morgan fingerprint density at radius 2 is 2.05 bits per heavy atom. The van der Waals surface area contributed by atoms with Gasteiger partial charge in [0.15, 0.2) is 17.6 Å². The molecule has 5 heteroatoms. The minimum atomic E-state index is -0.589. The first-order chi connectivity index (χ1) is 8.99. The number of likely N-dealkylation sites (N-methyl/N-ethyl adjacent to an activating group) is 1. The number of nitrogens with zero attached hydrogens (tertiary/aromatic N) is 1. The second-order valence-electron chi connectivity index (χ2n) is 4.36. The summed E-state index contributed by atoms with van der Waals surface area (Å²) in [4.78, 5) is 13.2. The molecule has 0 spiro atoms. The van der Waals surface area contributed by atoms with E-state index in [1.807, 2.05) is 6.92 Å². The van der Waals surface area contributed by atoms with Crippen LogP contribution in [0.4, 0.5) is 0 Å². The molecule has 1 rings (SSSR count). The summed E-state index contributed by atoms with van der Waals surface area (Å²) in [5, 5.41) is 9.11. The Bertz CT molecular complexity index is 431. The Hall–Kier alpha value is -1.75. The first kappa shape index (κ1) is 15.3. The highest BCUT2D eigenvalue weighted by atomic mass is 16.5. The quantitative estimate of drug-likeness (QED) is 0.847. The molecule has 0 bridgehead atoms. The van der Waals surface area contributed by atoms with Gasteiger partial charge in [-0.1, -0.05) is 6.07 Å². The molecule has 0 radical (unpaired) electrons. The van der Waals surface area contributed by atoms with Crippen molar-refractivity contribution in [3.63, 3.8) is 0 Å². The molecule has 0 saturated heterocycles. The third-order valence-corrected chi connectivity index (χ3v) is 2.58. The fourth-order valence-electron chi connectivity index (χ4n) is 1.62. The van der Waals surface area contributed by atoms with Gasteiger partial charge in [0.2, 0.25) is 0 Å². The number of aliphatic hydroxyl groups excluding tert-OH is 1. The average Bonchev–Trinajstić information content (AvgIpc) is 2.39. The molecule has 19 heavy (non-hydrogen) atoms. The number of hydrogen-bond acceptors (Lipinski definition) is 4. The lowest BCUT2D eigenvalue weighted by Gasteiger charge is -2.20. The zero-order valence-corrected chi connectivity index (χ0v) is 11.8. The van der Waals surface area contributed by atoms with Crippen LogP contribution >= 0.6 is 0 Å². The van der Waals surface area contributed by atoms with E-state index in [-0.39, 0.29) is 12.5 Å². The highest BCUT2D eigenvalue weighted by molar-refractivity contribution is 5.80. The smallest absolute Gasteiger partial charge is 0.262 e. The molecule has 5 nitrogen and oxygen atoms in total. The Morgan fingerprint density at radius 1 is 1.37 bits per heavy atom. The monoisotopic (exact) mass is 267 g/mol. The zero-order valence-electron chi connectivity index (χ0n) is 11.8. The van der Waals surface area contributed by atoms with Crippen LogP contribution in [0.15, 0.2) is 18.2 Å². The summed E-state index contributed by atoms with van der Waals surface area (Å²) in [5.41, 5.74) is 0.738. The summed E-state index contributed by atoms with van der Waals surface area (Å²) in [6.07, 6.45) is -0.589. The van der Waals surface area contributed by atoms with Gasteiger partial charge in [0.25, 0.3) is 5.91 Å². The van der Waals surface area contributed by atoms with E-state index in [1.165, 1.54) is 4.90 Å². The zero-order chi connectivity index (χ0) is 14.4. The molecule has 1 unspecified atom stereocenters. The van der Waals surface area contributed by atoms with E-state index < -0.39 is 6.10 Å². The third kappa shape index (κ3) is 4.13. The van der Waals surface area contributed by atoms with Crippen molar-refractivity contribution in [2.24, 2.45) is 0 Å². The van der Waals surface area contributed by atoms with Crippen LogP contribution in [-0.4, -0.2) is 42.7 Å². The van der Waals surface area contributed by atoms with Crippen molar-refractivity contribution >= 4 is 5.91 Å². The van der Waals surface area contributed by atoms with Crippen LogP contribution in [-0.2, 0) is 11.4 Å². The van der Waals surface area contributed by atoms with Crippen molar-refractivity contribution in [3.05, 3.63) is 23.8 Å². The molecule has 1 aromatic rings. The summed E-state index contributed by atoms with van der Waals surface area (Å²) in [6, 6.07) is 5.16. The predicted octanol–water partition coefficient (Wildman–Crippen LogP) is 1.43. The van der Waals surface area contributed by atoms with E-state index in [9.17, 15) is 4.79 Å². The van der Waals surface area contributed by atoms with Crippen molar-refractivity contribution in [1.82, 2.24) is 4.90 Å². The van der Waals surface area contributed by atoms with Crippen LogP contribution < -0.4 is 9.47 Å². The minimum absolute atomic E-state index is 0.0630. The number of ether oxygens (including phenoxy) is 2. The maximum Gasteiger partial charge on any atom is 0.262 e. The lowest BCUT2D eigenvalue weighted by Crippen LogP contribution is -2.35. The minimum Gasteiger partial charge on any atom is -0.490 e. The SMILES string of the molecule is CCOc1cc(CO)ccc1OC(C)C(=O)N(C)C. The largest absolute Gasteiger partial charge is 0.490 e. The summed E-state index contributed by atoms with van der Waals surface area (Å²) in [5.74, 6) is 0.919. The maximum atomic E-state index is 11.8. The number of benzene rings is 1.